The highest BCUT2D eigenvalue weighted by Gasteiger charge is 2.33. The Morgan fingerprint density at radius 2 is 1.58 bits per heavy atom. The first-order valence-corrected chi connectivity index (χ1v) is 13.7. The second-order valence-electron chi connectivity index (χ2n) is 10.9. The highest BCUT2D eigenvalue weighted by atomic mass is 16.5. The third kappa shape index (κ3) is 4.44. The molecule has 0 saturated carbocycles. The van der Waals surface area contributed by atoms with E-state index in [0.29, 0.717) is 38.3 Å². The van der Waals surface area contributed by atoms with Gasteiger partial charge in [0.2, 0.25) is 0 Å². The fraction of sp³-hybridized carbons (Fsp3) is 0.643. The maximum atomic E-state index is 13.8. The molecule has 0 aliphatic carbocycles. The zero-order chi connectivity index (χ0) is 24.6. The number of hydrogen-bond acceptors (Lipinski definition) is 5. The molecule has 1 aromatic carbocycles. The van der Waals surface area contributed by atoms with E-state index in [-0.39, 0.29) is 11.9 Å². The molecule has 5 heterocycles. The van der Waals surface area contributed by atoms with Crippen LogP contribution in [0.4, 0.5) is 4.79 Å². The Morgan fingerprint density at radius 1 is 0.861 bits per heavy atom. The van der Waals surface area contributed by atoms with Gasteiger partial charge in [0.25, 0.3) is 5.91 Å². The van der Waals surface area contributed by atoms with Crippen LogP contribution in [-0.2, 0) is 22.4 Å². The minimum Gasteiger partial charge on any atom is -0.381 e. The van der Waals surface area contributed by atoms with Crippen molar-refractivity contribution in [3.63, 3.8) is 0 Å². The minimum atomic E-state index is 0.0353. The van der Waals surface area contributed by atoms with Gasteiger partial charge in [0, 0.05) is 81.6 Å². The van der Waals surface area contributed by atoms with Crippen molar-refractivity contribution in [2.75, 3.05) is 59.2 Å². The van der Waals surface area contributed by atoms with Crippen molar-refractivity contribution in [2.24, 2.45) is 5.92 Å². The molecule has 6 rings (SSSR count). The first-order valence-electron chi connectivity index (χ1n) is 13.7. The lowest BCUT2D eigenvalue weighted by Crippen LogP contribution is -2.45. The first kappa shape index (κ1) is 23.9. The number of morpholine rings is 1. The summed E-state index contributed by atoms with van der Waals surface area (Å²) < 4.78 is 13.0. The highest BCUT2D eigenvalue weighted by molar-refractivity contribution is 6.02. The molecule has 3 fully saturated rings. The molecule has 1 aromatic heterocycles. The van der Waals surface area contributed by atoms with Crippen LogP contribution in [0.25, 0.3) is 10.9 Å². The van der Waals surface area contributed by atoms with Crippen molar-refractivity contribution in [2.45, 2.75) is 51.6 Å². The average Bonchev–Trinajstić information content (AvgIpc) is 3.26. The summed E-state index contributed by atoms with van der Waals surface area (Å²) in [5.74, 6) is 0.793. The zero-order valence-electron chi connectivity index (χ0n) is 21.4. The van der Waals surface area contributed by atoms with E-state index in [0.717, 1.165) is 93.7 Å². The predicted octanol–water partition coefficient (Wildman–Crippen LogP) is 3.35. The van der Waals surface area contributed by atoms with Gasteiger partial charge in [-0.25, -0.2) is 4.79 Å². The molecule has 0 spiro atoms. The average molecular weight is 495 g/mol. The fourth-order valence-corrected chi connectivity index (χ4v) is 6.38. The summed E-state index contributed by atoms with van der Waals surface area (Å²) >= 11 is 0. The quantitative estimate of drug-likeness (QED) is 0.641. The van der Waals surface area contributed by atoms with Gasteiger partial charge in [-0.3, -0.25) is 14.3 Å². The molecule has 8 heteroatoms. The Bertz CT molecular complexity index is 1120. The fourth-order valence-electron chi connectivity index (χ4n) is 6.38. The van der Waals surface area contributed by atoms with Crippen LogP contribution < -0.4 is 0 Å². The normalized spacial score (nSPS) is 22.7. The summed E-state index contributed by atoms with van der Waals surface area (Å²) in [5, 5.41) is 1.06. The largest absolute Gasteiger partial charge is 0.381 e. The van der Waals surface area contributed by atoms with Gasteiger partial charge in [0.05, 0.1) is 18.7 Å². The number of amides is 2. The minimum absolute atomic E-state index is 0.0353. The summed E-state index contributed by atoms with van der Waals surface area (Å²) in [7, 11) is 0. The molecule has 36 heavy (non-hydrogen) atoms. The van der Waals surface area contributed by atoms with Gasteiger partial charge < -0.3 is 19.3 Å². The lowest BCUT2D eigenvalue weighted by atomic mass is 9.97. The van der Waals surface area contributed by atoms with E-state index in [2.05, 4.69) is 17.9 Å². The number of nitrogens with zero attached hydrogens (tertiary/aromatic N) is 4. The number of carbonyl (C=O) groups is 2. The van der Waals surface area contributed by atoms with Crippen LogP contribution in [0.3, 0.4) is 0 Å². The number of hydrogen-bond donors (Lipinski definition) is 0. The lowest BCUT2D eigenvalue weighted by Gasteiger charge is -2.37. The molecule has 0 unspecified atom stereocenters. The number of piperidine rings is 1. The van der Waals surface area contributed by atoms with E-state index in [1.54, 1.807) is 0 Å². The molecule has 0 atom stereocenters. The highest BCUT2D eigenvalue weighted by Crippen LogP contribution is 2.34. The van der Waals surface area contributed by atoms with Gasteiger partial charge in [0.15, 0.2) is 0 Å². The van der Waals surface area contributed by atoms with Crippen LogP contribution in [0.2, 0.25) is 0 Å². The molecule has 0 radical (unpaired) electrons. The maximum Gasteiger partial charge on any atom is 0.329 e. The van der Waals surface area contributed by atoms with Crippen LogP contribution >= 0.6 is 0 Å². The third-order valence-electron chi connectivity index (χ3n) is 8.68. The SMILES string of the molecule is CC1CCN(C(=O)c2ccc3c(c2)c2c(n3C(=O)N3CCOCC3)CCN(C3CCOCC3)C2)CC1. The van der Waals surface area contributed by atoms with Crippen molar-refractivity contribution in [1.29, 1.82) is 0 Å². The van der Waals surface area contributed by atoms with E-state index in [1.165, 1.54) is 5.56 Å². The molecule has 0 N–H and O–H groups in total. The van der Waals surface area contributed by atoms with E-state index in [4.69, 9.17) is 9.47 Å². The molecule has 194 valence electrons. The van der Waals surface area contributed by atoms with Gasteiger partial charge in [-0.15, -0.1) is 0 Å². The second-order valence-corrected chi connectivity index (χ2v) is 10.9. The molecular formula is C28H38N4O4. The summed E-state index contributed by atoms with van der Waals surface area (Å²) in [4.78, 5) is 33.6. The summed E-state index contributed by atoms with van der Waals surface area (Å²) in [6.45, 7) is 9.71. The van der Waals surface area contributed by atoms with Crippen molar-refractivity contribution < 1.29 is 19.1 Å². The van der Waals surface area contributed by atoms with E-state index >= 15 is 0 Å². The molecule has 8 nitrogen and oxygen atoms in total. The van der Waals surface area contributed by atoms with Crippen molar-refractivity contribution in [3.8, 4) is 0 Å². The van der Waals surface area contributed by atoms with Crippen molar-refractivity contribution in [1.82, 2.24) is 19.3 Å². The topological polar surface area (TPSA) is 67.2 Å². The standard InChI is InChI=1S/C28H38N4O4/c1-20-4-9-29(10-5-20)27(33)21-2-3-25-23(18-21)24-19-31(22-7-14-35-15-8-22)11-6-26(24)32(25)28(34)30-12-16-36-17-13-30/h2-3,18,20,22H,4-17,19H2,1H3. The molecular weight excluding hydrogens is 456 g/mol. The summed E-state index contributed by atoms with van der Waals surface area (Å²) in [6.07, 6.45) is 5.07. The summed E-state index contributed by atoms with van der Waals surface area (Å²) in [6, 6.07) is 6.54. The Morgan fingerprint density at radius 3 is 2.33 bits per heavy atom. The Labute approximate surface area is 213 Å². The predicted molar refractivity (Wildman–Crippen MR) is 137 cm³/mol. The third-order valence-corrected chi connectivity index (χ3v) is 8.68. The van der Waals surface area contributed by atoms with Crippen LogP contribution in [0, 0.1) is 5.92 Å². The monoisotopic (exact) mass is 494 g/mol. The Hall–Kier alpha value is -2.42. The van der Waals surface area contributed by atoms with Crippen LogP contribution in [-0.4, -0.2) is 96.4 Å². The number of fused-ring (bicyclic) bond motifs is 3. The van der Waals surface area contributed by atoms with Gasteiger partial charge in [-0.1, -0.05) is 6.92 Å². The zero-order valence-corrected chi connectivity index (χ0v) is 21.4. The Balaban J connectivity index is 1.37. The molecule has 2 amide bonds. The van der Waals surface area contributed by atoms with Gasteiger partial charge in [-0.05, 0) is 55.4 Å². The molecule has 4 aliphatic heterocycles. The number of carbonyl (C=O) groups excluding carboxylic acids is 2. The number of ether oxygens (including phenoxy) is 2. The molecule has 3 saturated heterocycles. The van der Waals surface area contributed by atoms with Gasteiger partial charge >= 0.3 is 6.03 Å². The van der Waals surface area contributed by atoms with E-state index < -0.39 is 0 Å². The molecule has 4 aliphatic rings. The van der Waals surface area contributed by atoms with E-state index in [9.17, 15) is 9.59 Å². The molecule has 2 aromatic rings. The van der Waals surface area contributed by atoms with Crippen LogP contribution in [0.5, 0.6) is 0 Å². The first-order chi connectivity index (χ1) is 17.6. The molecule has 0 bridgehead atoms. The van der Waals surface area contributed by atoms with E-state index in [1.807, 2.05) is 26.5 Å². The lowest BCUT2D eigenvalue weighted by molar-refractivity contribution is 0.0288. The Kier molecular flexibility index (Phi) is 6.75. The van der Waals surface area contributed by atoms with Gasteiger partial charge in [-0.2, -0.15) is 0 Å². The smallest absolute Gasteiger partial charge is 0.329 e. The number of rotatable bonds is 2. The van der Waals surface area contributed by atoms with Crippen LogP contribution in [0.1, 0.15) is 54.2 Å². The van der Waals surface area contributed by atoms with Crippen molar-refractivity contribution in [3.05, 3.63) is 35.0 Å². The second kappa shape index (κ2) is 10.1. The number of benzene rings is 1. The number of likely N-dealkylation sites (tertiary alicyclic amines) is 1. The summed E-state index contributed by atoms with van der Waals surface area (Å²) in [5.41, 5.74) is 3.99. The number of aromatic nitrogens is 1. The van der Waals surface area contributed by atoms with Crippen LogP contribution in [0.15, 0.2) is 18.2 Å². The maximum absolute atomic E-state index is 13.8. The van der Waals surface area contributed by atoms with Gasteiger partial charge in [0.1, 0.15) is 0 Å². The van der Waals surface area contributed by atoms with Crippen molar-refractivity contribution >= 4 is 22.8 Å².